The van der Waals surface area contributed by atoms with Gasteiger partial charge < -0.3 is 11.1 Å². The summed E-state index contributed by atoms with van der Waals surface area (Å²) in [4.78, 5) is 0. The standard InChI is InChI=1S/C16H23FN2/c17-16(8-6-13(18)7-9-16)11-19-15-10-14(15)12-4-2-1-3-5-12/h1-5,13-15,19H,6-11,18H2/t13-,14?,15?,16-. The van der Waals surface area contributed by atoms with Crippen molar-refractivity contribution >= 4 is 0 Å². The zero-order valence-electron chi connectivity index (χ0n) is 11.3. The lowest BCUT2D eigenvalue weighted by molar-refractivity contribution is 0.0973. The second-order valence-corrected chi connectivity index (χ2v) is 6.23. The van der Waals surface area contributed by atoms with Gasteiger partial charge in [-0.15, -0.1) is 0 Å². The van der Waals surface area contributed by atoms with Crippen LogP contribution < -0.4 is 11.1 Å². The number of rotatable bonds is 4. The SMILES string of the molecule is N[C@H]1CC[C@@](F)(CNC2CC2c2ccccc2)CC1. The topological polar surface area (TPSA) is 38.0 Å². The average Bonchev–Trinajstić information content (AvgIpc) is 3.21. The number of hydrogen-bond acceptors (Lipinski definition) is 2. The van der Waals surface area contributed by atoms with E-state index in [1.54, 1.807) is 0 Å². The van der Waals surface area contributed by atoms with E-state index in [9.17, 15) is 4.39 Å². The van der Waals surface area contributed by atoms with Gasteiger partial charge in [-0.3, -0.25) is 0 Å². The molecule has 2 aliphatic rings. The monoisotopic (exact) mass is 262 g/mol. The highest BCUT2D eigenvalue weighted by molar-refractivity contribution is 5.27. The maximum absolute atomic E-state index is 14.5. The molecule has 0 aliphatic heterocycles. The van der Waals surface area contributed by atoms with E-state index in [-0.39, 0.29) is 6.04 Å². The molecule has 3 rings (SSSR count). The summed E-state index contributed by atoms with van der Waals surface area (Å²) in [7, 11) is 0. The first-order valence-corrected chi connectivity index (χ1v) is 7.39. The number of nitrogens with two attached hydrogens (primary N) is 1. The van der Waals surface area contributed by atoms with Crippen molar-refractivity contribution in [3.05, 3.63) is 35.9 Å². The maximum atomic E-state index is 14.5. The molecule has 1 aromatic carbocycles. The van der Waals surface area contributed by atoms with Gasteiger partial charge in [-0.2, -0.15) is 0 Å². The van der Waals surface area contributed by atoms with Crippen LogP contribution in [0.25, 0.3) is 0 Å². The minimum Gasteiger partial charge on any atom is -0.328 e. The Hall–Kier alpha value is -0.930. The summed E-state index contributed by atoms with van der Waals surface area (Å²) in [6.07, 6.45) is 4.02. The Balaban J connectivity index is 1.47. The third kappa shape index (κ3) is 3.15. The largest absolute Gasteiger partial charge is 0.328 e. The normalized spacial score (nSPS) is 38.1. The number of benzene rings is 1. The minimum atomic E-state index is -1.03. The van der Waals surface area contributed by atoms with Crippen molar-refractivity contribution in [3.8, 4) is 0 Å². The van der Waals surface area contributed by atoms with Gasteiger partial charge in [0.15, 0.2) is 0 Å². The van der Waals surface area contributed by atoms with E-state index in [1.807, 2.05) is 6.07 Å². The van der Waals surface area contributed by atoms with Gasteiger partial charge >= 0.3 is 0 Å². The van der Waals surface area contributed by atoms with E-state index in [4.69, 9.17) is 5.73 Å². The molecule has 2 saturated carbocycles. The van der Waals surface area contributed by atoms with E-state index >= 15 is 0 Å². The molecule has 0 saturated heterocycles. The van der Waals surface area contributed by atoms with Gasteiger partial charge in [0.25, 0.3) is 0 Å². The highest BCUT2D eigenvalue weighted by Gasteiger charge is 2.41. The third-order valence-corrected chi connectivity index (χ3v) is 4.63. The Kier molecular flexibility index (Phi) is 3.59. The first-order chi connectivity index (χ1) is 9.16. The molecule has 0 heterocycles. The average molecular weight is 262 g/mol. The zero-order chi connectivity index (χ0) is 13.3. The van der Waals surface area contributed by atoms with Crippen molar-refractivity contribution < 1.29 is 4.39 Å². The summed E-state index contributed by atoms with van der Waals surface area (Å²) in [6, 6.07) is 11.2. The number of halogens is 1. The Labute approximate surface area is 114 Å². The van der Waals surface area contributed by atoms with Crippen LogP contribution in [0.4, 0.5) is 4.39 Å². The van der Waals surface area contributed by atoms with Gasteiger partial charge in [-0.25, -0.2) is 4.39 Å². The van der Waals surface area contributed by atoms with Crippen LogP contribution in [0.15, 0.2) is 30.3 Å². The molecular formula is C16H23FN2. The molecule has 2 aliphatic carbocycles. The van der Waals surface area contributed by atoms with Crippen LogP contribution in [0, 0.1) is 0 Å². The fraction of sp³-hybridized carbons (Fsp3) is 0.625. The van der Waals surface area contributed by atoms with Crippen molar-refractivity contribution in [2.75, 3.05) is 6.54 Å². The summed E-state index contributed by atoms with van der Waals surface area (Å²) in [6.45, 7) is 0.494. The molecule has 2 fully saturated rings. The first kappa shape index (κ1) is 13.1. The summed E-state index contributed by atoms with van der Waals surface area (Å²) in [5, 5.41) is 3.41. The molecule has 2 unspecified atom stereocenters. The van der Waals surface area contributed by atoms with E-state index in [0.29, 0.717) is 31.3 Å². The molecule has 19 heavy (non-hydrogen) atoms. The van der Waals surface area contributed by atoms with Gasteiger partial charge in [0.05, 0.1) is 0 Å². The Bertz CT molecular complexity index is 412. The molecule has 0 spiro atoms. The minimum absolute atomic E-state index is 0.210. The summed E-state index contributed by atoms with van der Waals surface area (Å²) < 4.78 is 14.5. The number of nitrogens with one attached hydrogen (secondary N) is 1. The lowest BCUT2D eigenvalue weighted by atomic mass is 9.84. The van der Waals surface area contributed by atoms with Crippen LogP contribution in [0.1, 0.15) is 43.6 Å². The lowest BCUT2D eigenvalue weighted by Gasteiger charge is -2.32. The molecule has 3 heteroatoms. The molecule has 2 nitrogen and oxygen atoms in total. The van der Waals surface area contributed by atoms with Crippen LogP contribution >= 0.6 is 0 Å². The lowest BCUT2D eigenvalue weighted by Crippen LogP contribution is -2.43. The fourth-order valence-electron chi connectivity index (χ4n) is 3.14. The molecule has 3 N–H and O–H groups in total. The van der Waals surface area contributed by atoms with E-state index < -0.39 is 5.67 Å². The molecule has 0 aromatic heterocycles. The Morgan fingerprint density at radius 1 is 1.21 bits per heavy atom. The molecule has 104 valence electrons. The van der Waals surface area contributed by atoms with Crippen LogP contribution in [0.5, 0.6) is 0 Å². The molecule has 2 atom stereocenters. The zero-order valence-corrected chi connectivity index (χ0v) is 11.3. The predicted octanol–water partition coefficient (Wildman–Crippen LogP) is 2.74. The number of alkyl halides is 1. The van der Waals surface area contributed by atoms with Crippen molar-refractivity contribution in [1.29, 1.82) is 0 Å². The van der Waals surface area contributed by atoms with Crippen molar-refractivity contribution in [1.82, 2.24) is 5.32 Å². The molecule has 0 bridgehead atoms. The Morgan fingerprint density at radius 2 is 1.89 bits per heavy atom. The number of hydrogen-bond donors (Lipinski definition) is 2. The van der Waals surface area contributed by atoms with Crippen LogP contribution in [0.3, 0.4) is 0 Å². The summed E-state index contributed by atoms with van der Waals surface area (Å²) >= 11 is 0. The van der Waals surface area contributed by atoms with Gasteiger partial charge in [-0.05, 0) is 37.7 Å². The second-order valence-electron chi connectivity index (χ2n) is 6.23. The van der Waals surface area contributed by atoms with E-state index in [1.165, 1.54) is 5.56 Å². The molecule has 0 amide bonds. The first-order valence-electron chi connectivity index (χ1n) is 7.39. The highest BCUT2D eigenvalue weighted by atomic mass is 19.1. The van der Waals surface area contributed by atoms with E-state index in [0.717, 1.165) is 19.3 Å². The van der Waals surface area contributed by atoms with Gasteiger partial charge in [-0.1, -0.05) is 30.3 Å². The second kappa shape index (κ2) is 5.22. The van der Waals surface area contributed by atoms with Crippen LogP contribution in [0.2, 0.25) is 0 Å². The Morgan fingerprint density at radius 3 is 2.58 bits per heavy atom. The van der Waals surface area contributed by atoms with Gasteiger partial charge in [0.1, 0.15) is 5.67 Å². The van der Waals surface area contributed by atoms with Gasteiger partial charge in [0.2, 0.25) is 0 Å². The molecular weight excluding hydrogens is 239 g/mol. The van der Waals surface area contributed by atoms with Crippen molar-refractivity contribution in [3.63, 3.8) is 0 Å². The van der Waals surface area contributed by atoms with Crippen molar-refractivity contribution in [2.45, 2.75) is 55.8 Å². The van der Waals surface area contributed by atoms with Crippen LogP contribution in [-0.4, -0.2) is 24.3 Å². The fourth-order valence-corrected chi connectivity index (χ4v) is 3.14. The third-order valence-electron chi connectivity index (χ3n) is 4.63. The molecule has 1 aromatic rings. The molecule has 0 radical (unpaired) electrons. The predicted molar refractivity (Wildman–Crippen MR) is 75.9 cm³/mol. The van der Waals surface area contributed by atoms with Crippen LogP contribution in [-0.2, 0) is 0 Å². The summed E-state index contributed by atoms with van der Waals surface area (Å²) in [5.41, 5.74) is 6.18. The summed E-state index contributed by atoms with van der Waals surface area (Å²) in [5.74, 6) is 0.579. The van der Waals surface area contributed by atoms with Crippen molar-refractivity contribution in [2.24, 2.45) is 5.73 Å². The quantitative estimate of drug-likeness (QED) is 0.875. The highest BCUT2D eigenvalue weighted by Crippen LogP contribution is 2.41. The van der Waals surface area contributed by atoms with Gasteiger partial charge in [0, 0.05) is 24.5 Å². The smallest absolute Gasteiger partial charge is 0.123 e. The van der Waals surface area contributed by atoms with E-state index in [2.05, 4.69) is 29.6 Å². The maximum Gasteiger partial charge on any atom is 0.123 e.